The van der Waals surface area contributed by atoms with Gasteiger partial charge in [-0.2, -0.15) is 0 Å². The first-order chi connectivity index (χ1) is 9.72. The minimum atomic E-state index is -0.902. The molecule has 0 spiro atoms. The summed E-state index contributed by atoms with van der Waals surface area (Å²) in [6.45, 7) is 0. The standard InChI is InChI=1S/C14H10N2O2S2/c17-13(18)10-4-1-3-9(7-10)8-19-14-16-11-5-2-6-15-12(11)20-14/h1-7H,8H2,(H,17,18). The van der Waals surface area contributed by atoms with Gasteiger partial charge in [0.15, 0.2) is 4.34 Å². The molecule has 20 heavy (non-hydrogen) atoms. The second kappa shape index (κ2) is 5.60. The van der Waals surface area contributed by atoms with Gasteiger partial charge in [-0.1, -0.05) is 35.2 Å². The van der Waals surface area contributed by atoms with Gasteiger partial charge in [0, 0.05) is 11.9 Å². The molecule has 0 radical (unpaired) electrons. The number of benzene rings is 1. The molecule has 100 valence electrons. The first-order valence-corrected chi connectivity index (χ1v) is 7.69. The molecule has 0 aliphatic carbocycles. The maximum absolute atomic E-state index is 10.9. The zero-order chi connectivity index (χ0) is 13.9. The van der Waals surface area contributed by atoms with E-state index in [1.54, 1.807) is 47.5 Å². The van der Waals surface area contributed by atoms with Gasteiger partial charge in [0.2, 0.25) is 0 Å². The van der Waals surface area contributed by atoms with Crippen LogP contribution in [0.3, 0.4) is 0 Å². The molecule has 0 amide bonds. The number of nitrogens with zero attached hydrogens (tertiary/aromatic N) is 2. The van der Waals surface area contributed by atoms with Crippen molar-refractivity contribution in [2.45, 2.75) is 10.1 Å². The number of aromatic nitrogens is 2. The van der Waals surface area contributed by atoms with E-state index in [1.165, 1.54) is 0 Å². The molecule has 2 aromatic heterocycles. The molecular weight excluding hydrogens is 292 g/mol. The summed E-state index contributed by atoms with van der Waals surface area (Å²) < 4.78 is 0.944. The predicted octanol–water partition coefficient (Wildman–Crippen LogP) is 3.68. The number of carboxylic acids is 1. The predicted molar refractivity (Wildman–Crippen MR) is 80.4 cm³/mol. The summed E-state index contributed by atoms with van der Waals surface area (Å²) in [5.41, 5.74) is 2.19. The van der Waals surface area contributed by atoms with Crippen molar-refractivity contribution >= 4 is 39.4 Å². The quantitative estimate of drug-likeness (QED) is 0.745. The van der Waals surface area contributed by atoms with E-state index in [0.29, 0.717) is 11.3 Å². The third kappa shape index (κ3) is 2.81. The number of rotatable bonds is 4. The van der Waals surface area contributed by atoms with Crippen molar-refractivity contribution in [2.24, 2.45) is 0 Å². The summed E-state index contributed by atoms with van der Waals surface area (Å²) in [6, 6.07) is 10.8. The lowest BCUT2D eigenvalue weighted by molar-refractivity contribution is 0.0697. The summed E-state index contributed by atoms with van der Waals surface area (Å²) in [7, 11) is 0. The maximum atomic E-state index is 10.9. The zero-order valence-electron chi connectivity index (χ0n) is 10.3. The Morgan fingerprint density at radius 2 is 2.20 bits per heavy atom. The van der Waals surface area contributed by atoms with E-state index in [4.69, 9.17) is 5.11 Å². The van der Waals surface area contributed by atoms with Crippen LogP contribution in [-0.2, 0) is 5.75 Å². The number of pyridine rings is 1. The van der Waals surface area contributed by atoms with Crippen molar-refractivity contribution in [3.63, 3.8) is 0 Å². The highest BCUT2D eigenvalue weighted by atomic mass is 32.2. The highest BCUT2D eigenvalue weighted by Gasteiger charge is 2.07. The number of carboxylic acid groups (broad SMARTS) is 1. The van der Waals surface area contributed by atoms with Crippen LogP contribution in [0.25, 0.3) is 10.3 Å². The molecule has 3 aromatic rings. The Bertz CT molecular complexity index is 737. The molecule has 0 aliphatic heterocycles. The normalized spacial score (nSPS) is 10.8. The van der Waals surface area contributed by atoms with Crippen LogP contribution in [0.1, 0.15) is 15.9 Å². The molecule has 2 heterocycles. The van der Waals surface area contributed by atoms with Gasteiger partial charge in [-0.05, 0) is 29.8 Å². The van der Waals surface area contributed by atoms with Crippen molar-refractivity contribution in [1.29, 1.82) is 0 Å². The molecule has 0 saturated carbocycles. The van der Waals surface area contributed by atoms with E-state index < -0.39 is 5.97 Å². The zero-order valence-corrected chi connectivity index (χ0v) is 11.9. The second-order valence-corrected chi connectivity index (χ2v) is 6.30. The summed E-state index contributed by atoms with van der Waals surface area (Å²) >= 11 is 3.15. The van der Waals surface area contributed by atoms with Crippen LogP contribution in [0.4, 0.5) is 0 Å². The highest BCUT2D eigenvalue weighted by Crippen LogP contribution is 2.30. The fraction of sp³-hybridized carbons (Fsp3) is 0.0714. The van der Waals surface area contributed by atoms with Gasteiger partial charge in [0.1, 0.15) is 10.3 Å². The Kier molecular flexibility index (Phi) is 3.66. The molecule has 4 nitrogen and oxygen atoms in total. The Morgan fingerprint density at radius 3 is 3.00 bits per heavy atom. The largest absolute Gasteiger partial charge is 0.478 e. The first-order valence-electron chi connectivity index (χ1n) is 5.89. The van der Waals surface area contributed by atoms with E-state index in [1.807, 2.05) is 18.2 Å². The fourth-order valence-electron chi connectivity index (χ4n) is 1.75. The van der Waals surface area contributed by atoms with E-state index >= 15 is 0 Å². The van der Waals surface area contributed by atoms with Gasteiger partial charge in [-0.15, -0.1) is 0 Å². The van der Waals surface area contributed by atoms with E-state index in [-0.39, 0.29) is 0 Å². The Labute approximate surface area is 123 Å². The number of thioether (sulfide) groups is 1. The van der Waals surface area contributed by atoms with Crippen molar-refractivity contribution in [2.75, 3.05) is 0 Å². The first kappa shape index (κ1) is 13.1. The van der Waals surface area contributed by atoms with Crippen molar-refractivity contribution < 1.29 is 9.90 Å². The molecular formula is C14H10N2O2S2. The SMILES string of the molecule is O=C(O)c1cccc(CSc2nc3cccnc3s2)c1. The third-order valence-corrected chi connectivity index (χ3v) is 4.88. The second-order valence-electron chi connectivity index (χ2n) is 4.10. The van der Waals surface area contributed by atoms with E-state index in [9.17, 15) is 4.79 Å². The Morgan fingerprint density at radius 1 is 1.30 bits per heavy atom. The molecule has 1 aromatic carbocycles. The monoisotopic (exact) mass is 302 g/mol. The molecule has 6 heteroatoms. The van der Waals surface area contributed by atoms with Crippen LogP contribution in [0.5, 0.6) is 0 Å². The van der Waals surface area contributed by atoms with Crippen molar-refractivity contribution in [3.8, 4) is 0 Å². The molecule has 3 rings (SSSR count). The molecule has 0 bridgehead atoms. The number of carbonyl (C=O) groups is 1. The van der Waals surface area contributed by atoms with Crippen LogP contribution in [0.2, 0.25) is 0 Å². The maximum Gasteiger partial charge on any atom is 0.335 e. The molecule has 0 saturated heterocycles. The van der Waals surface area contributed by atoms with Gasteiger partial charge in [0.05, 0.1) is 5.56 Å². The summed E-state index contributed by atoms with van der Waals surface area (Å²) in [5.74, 6) is -0.206. The number of thiazole rings is 1. The van der Waals surface area contributed by atoms with Crippen LogP contribution in [0, 0.1) is 0 Å². The minimum absolute atomic E-state index is 0.314. The van der Waals surface area contributed by atoms with Gasteiger partial charge in [0.25, 0.3) is 0 Å². The van der Waals surface area contributed by atoms with Gasteiger partial charge < -0.3 is 5.11 Å². The summed E-state index contributed by atoms with van der Waals surface area (Å²) in [6.07, 6.45) is 1.76. The number of hydrogen-bond donors (Lipinski definition) is 1. The highest BCUT2D eigenvalue weighted by molar-refractivity contribution is 8.00. The molecule has 0 fully saturated rings. The Hall–Kier alpha value is -1.92. The Balaban J connectivity index is 1.75. The smallest absolute Gasteiger partial charge is 0.335 e. The number of aromatic carboxylic acids is 1. The molecule has 0 aliphatic rings. The van der Waals surface area contributed by atoms with Crippen LogP contribution in [-0.4, -0.2) is 21.0 Å². The fourth-order valence-corrected chi connectivity index (χ4v) is 3.67. The number of hydrogen-bond acceptors (Lipinski definition) is 5. The van der Waals surface area contributed by atoms with Gasteiger partial charge in [-0.25, -0.2) is 14.8 Å². The van der Waals surface area contributed by atoms with Crippen LogP contribution >= 0.6 is 23.1 Å². The minimum Gasteiger partial charge on any atom is -0.478 e. The van der Waals surface area contributed by atoms with E-state index in [2.05, 4.69) is 9.97 Å². The van der Waals surface area contributed by atoms with Gasteiger partial charge >= 0.3 is 5.97 Å². The molecule has 0 atom stereocenters. The van der Waals surface area contributed by atoms with Gasteiger partial charge in [-0.3, -0.25) is 0 Å². The average Bonchev–Trinajstić information content (AvgIpc) is 2.88. The van der Waals surface area contributed by atoms with Crippen molar-refractivity contribution in [3.05, 3.63) is 53.7 Å². The van der Waals surface area contributed by atoms with Crippen molar-refractivity contribution in [1.82, 2.24) is 9.97 Å². The molecule has 1 N–H and O–H groups in total. The summed E-state index contributed by atoms with van der Waals surface area (Å²) in [4.78, 5) is 20.6. The topological polar surface area (TPSA) is 63.1 Å². The van der Waals surface area contributed by atoms with Crippen LogP contribution in [0.15, 0.2) is 46.9 Å². The third-order valence-electron chi connectivity index (χ3n) is 2.68. The van der Waals surface area contributed by atoms with E-state index in [0.717, 1.165) is 20.3 Å². The lowest BCUT2D eigenvalue weighted by Gasteiger charge is -2.00. The summed E-state index contributed by atoms with van der Waals surface area (Å²) in [5, 5.41) is 8.96. The lowest BCUT2D eigenvalue weighted by Crippen LogP contribution is -1.96. The average molecular weight is 302 g/mol. The lowest BCUT2D eigenvalue weighted by atomic mass is 10.1. The molecule has 0 unspecified atom stereocenters. The number of fused-ring (bicyclic) bond motifs is 1. The van der Waals surface area contributed by atoms with Crippen LogP contribution < -0.4 is 0 Å².